The number of rotatable bonds is 7. The molecule has 0 aliphatic rings. The molecule has 0 spiro atoms. The van der Waals surface area contributed by atoms with E-state index in [-0.39, 0.29) is 12.4 Å². The summed E-state index contributed by atoms with van der Waals surface area (Å²) in [7, 11) is 0. The molecule has 2 aromatic carbocycles. The second-order valence-corrected chi connectivity index (χ2v) is 5.97. The van der Waals surface area contributed by atoms with E-state index in [9.17, 15) is 9.90 Å². The van der Waals surface area contributed by atoms with Gasteiger partial charge in [-0.15, -0.1) is 0 Å². The zero-order valence-electron chi connectivity index (χ0n) is 13.8. The average Bonchev–Trinajstić information content (AvgIpc) is 2.55. The fraction of sp³-hybridized carbons (Fsp3) is 0.350. The van der Waals surface area contributed by atoms with Gasteiger partial charge in [-0.3, -0.25) is 4.79 Å². The highest BCUT2D eigenvalue weighted by atomic mass is 16.5. The number of carbonyl (C=O) groups excluding carboxylic acids is 1. The van der Waals surface area contributed by atoms with Gasteiger partial charge in [-0.25, -0.2) is 0 Å². The van der Waals surface area contributed by atoms with Crippen LogP contribution in [0.15, 0.2) is 54.6 Å². The topological polar surface area (TPSA) is 46.5 Å². The Morgan fingerprint density at radius 1 is 1.04 bits per heavy atom. The van der Waals surface area contributed by atoms with Crippen LogP contribution in [0, 0.1) is 0 Å². The molecule has 0 aliphatic carbocycles. The van der Waals surface area contributed by atoms with Gasteiger partial charge >= 0.3 is 5.97 Å². The van der Waals surface area contributed by atoms with Gasteiger partial charge in [-0.2, -0.15) is 0 Å². The minimum Gasteiger partial charge on any atom is -0.466 e. The molecule has 3 nitrogen and oxygen atoms in total. The Kier molecular flexibility index (Phi) is 5.94. The third-order valence-corrected chi connectivity index (χ3v) is 3.86. The predicted octanol–water partition coefficient (Wildman–Crippen LogP) is 4.29. The minimum absolute atomic E-state index is 0.0403. The molecule has 1 N–H and O–H groups in total. The zero-order valence-corrected chi connectivity index (χ0v) is 13.8. The fourth-order valence-corrected chi connectivity index (χ4v) is 2.42. The van der Waals surface area contributed by atoms with Crippen molar-refractivity contribution in [2.75, 3.05) is 6.61 Å². The lowest BCUT2D eigenvalue weighted by molar-refractivity contribution is -0.149. The lowest BCUT2D eigenvalue weighted by Gasteiger charge is -2.23. The van der Waals surface area contributed by atoms with E-state index in [1.807, 2.05) is 61.5 Å². The summed E-state index contributed by atoms with van der Waals surface area (Å²) >= 11 is 0. The molecule has 122 valence electrons. The van der Waals surface area contributed by atoms with Crippen LogP contribution in [0.4, 0.5) is 0 Å². The van der Waals surface area contributed by atoms with Gasteiger partial charge in [0.1, 0.15) is 0 Å². The van der Waals surface area contributed by atoms with Gasteiger partial charge in [-0.05, 0) is 30.0 Å². The molecule has 0 fully saturated rings. The summed E-state index contributed by atoms with van der Waals surface area (Å²) in [5.41, 5.74) is 1.69. The molecular weight excluding hydrogens is 288 g/mol. The molecule has 0 aliphatic heterocycles. The van der Waals surface area contributed by atoms with Crippen molar-refractivity contribution in [2.45, 2.75) is 38.7 Å². The van der Waals surface area contributed by atoms with Crippen LogP contribution in [0.1, 0.15) is 38.7 Å². The largest absolute Gasteiger partial charge is 0.466 e. The van der Waals surface area contributed by atoms with E-state index in [0.29, 0.717) is 12.2 Å². The first-order valence-corrected chi connectivity index (χ1v) is 8.07. The van der Waals surface area contributed by atoms with Crippen LogP contribution in [0.5, 0.6) is 0 Å². The lowest BCUT2D eigenvalue weighted by Crippen LogP contribution is -2.26. The van der Waals surface area contributed by atoms with Crippen LogP contribution in [0.3, 0.4) is 0 Å². The highest BCUT2D eigenvalue weighted by Crippen LogP contribution is 2.27. The summed E-state index contributed by atoms with van der Waals surface area (Å²) < 4.78 is 5.13. The summed E-state index contributed by atoms with van der Waals surface area (Å²) in [6, 6.07) is 17.7. The Balaban J connectivity index is 2.04. The van der Waals surface area contributed by atoms with Crippen LogP contribution in [0.2, 0.25) is 0 Å². The highest BCUT2D eigenvalue weighted by Gasteiger charge is 2.27. The first kappa shape index (κ1) is 17.2. The third-order valence-electron chi connectivity index (χ3n) is 3.86. The average molecular weight is 312 g/mol. The maximum absolute atomic E-state index is 11.8. The fourth-order valence-electron chi connectivity index (χ4n) is 2.42. The maximum atomic E-state index is 11.8. The van der Waals surface area contributed by atoms with Gasteiger partial charge < -0.3 is 9.84 Å². The van der Waals surface area contributed by atoms with E-state index in [0.717, 1.165) is 24.0 Å². The summed E-state index contributed by atoms with van der Waals surface area (Å²) in [5.74, 6) is -0.365. The Morgan fingerprint density at radius 2 is 1.65 bits per heavy atom. The lowest BCUT2D eigenvalue weighted by atomic mass is 9.91. The van der Waals surface area contributed by atoms with E-state index in [1.54, 1.807) is 6.92 Å². The van der Waals surface area contributed by atoms with Crippen LogP contribution >= 0.6 is 0 Å². The van der Waals surface area contributed by atoms with Gasteiger partial charge in [0, 0.05) is 0 Å². The summed E-state index contributed by atoms with van der Waals surface area (Å²) in [6.45, 7) is 4.10. The summed E-state index contributed by atoms with van der Waals surface area (Å²) in [6.07, 6.45) is 1.78. The van der Waals surface area contributed by atoms with E-state index < -0.39 is 5.60 Å². The second-order valence-electron chi connectivity index (χ2n) is 5.97. The van der Waals surface area contributed by atoms with Crippen molar-refractivity contribution >= 4 is 5.97 Å². The van der Waals surface area contributed by atoms with Crippen molar-refractivity contribution in [1.82, 2.24) is 0 Å². The smallest absolute Gasteiger partial charge is 0.309 e. The van der Waals surface area contributed by atoms with Crippen LogP contribution in [-0.2, 0) is 15.1 Å². The Bertz CT molecular complexity index is 615. The Labute approximate surface area is 137 Å². The predicted molar refractivity (Wildman–Crippen MR) is 91.9 cm³/mol. The molecule has 1 unspecified atom stereocenters. The van der Waals surface area contributed by atoms with Crippen LogP contribution in [0.25, 0.3) is 11.1 Å². The molecule has 0 heterocycles. The van der Waals surface area contributed by atoms with Crippen molar-refractivity contribution in [3.8, 4) is 11.1 Å². The van der Waals surface area contributed by atoms with Gasteiger partial charge in [0.15, 0.2) is 0 Å². The van der Waals surface area contributed by atoms with Crippen LogP contribution < -0.4 is 0 Å². The van der Waals surface area contributed by atoms with E-state index >= 15 is 0 Å². The van der Waals surface area contributed by atoms with Gasteiger partial charge in [-0.1, -0.05) is 67.9 Å². The molecule has 0 amide bonds. The number of ether oxygens (including phenoxy) is 1. The molecule has 1 atom stereocenters. The number of esters is 1. The van der Waals surface area contributed by atoms with Crippen molar-refractivity contribution in [2.24, 2.45) is 0 Å². The number of hydrogen-bond acceptors (Lipinski definition) is 3. The number of benzene rings is 2. The maximum Gasteiger partial charge on any atom is 0.309 e. The quantitative estimate of drug-likeness (QED) is 0.612. The van der Waals surface area contributed by atoms with Crippen LogP contribution in [-0.4, -0.2) is 17.7 Å². The molecule has 0 aromatic heterocycles. The third kappa shape index (κ3) is 4.93. The molecule has 3 heteroatoms. The van der Waals surface area contributed by atoms with E-state index in [1.165, 1.54) is 0 Å². The highest BCUT2D eigenvalue weighted by molar-refractivity contribution is 5.71. The number of hydrogen-bond donors (Lipinski definition) is 1. The van der Waals surface area contributed by atoms with Crippen molar-refractivity contribution < 1.29 is 14.6 Å². The molecule has 2 rings (SSSR count). The zero-order chi connectivity index (χ0) is 16.7. The van der Waals surface area contributed by atoms with Crippen molar-refractivity contribution in [3.63, 3.8) is 0 Å². The second kappa shape index (κ2) is 7.93. The first-order chi connectivity index (χ1) is 11.0. The molecule has 0 radical (unpaired) electrons. The normalized spacial score (nSPS) is 13.3. The molecule has 2 aromatic rings. The Hall–Kier alpha value is -2.13. The van der Waals surface area contributed by atoms with Gasteiger partial charge in [0.2, 0.25) is 0 Å². The van der Waals surface area contributed by atoms with Crippen molar-refractivity contribution in [3.05, 3.63) is 60.2 Å². The van der Waals surface area contributed by atoms with E-state index in [4.69, 9.17) is 4.74 Å². The number of carbonyl (C=O) groups is 1. The molecule has 23 heavy (non-hydrogen) atoms. The molecule has 0 saturated heterocycles. The SMILES string of the molecule is CCCCOC(=O)CC(C)(O)c1ccc(-c2ccccc2)cc1. The number of unbranched alkanes of at least 4 members (excludes halogenated alkanes) is 1. The molecular formula is C20H24O3. The van der Waals surface area contributed by atoms with E-state index in [2.05, 4.69) is 0 Å². The molecule has 0 bridgehead atoms. The standard InChI is InChI=1S/C20H24O3/c1-3-4-14-23-19(21)15-20(2,22)18-12-10-17(11-13-18)16-8-6-5-7-9-16/h5-13,22H,3-4,14-15H2,1-2H3. The van der Waals surface area contributed by atoms with Crippen molar-refractivity contribution in [1.29, 1.82) is 0 Å². The van der Waals surface area contributed by atoms with Gasteiger partial charge in [0.25, 0.3) is 0 Å². The monoisotopic (exact) mass is 312 g/mol. The number of aliphatic hydroxyl groups is 1. The first-order valence-electron chi connectivity index (χ1n) is 8.07. The summed E-state index contributed by atoms with van der Waals surface area (Å²) in [4.78, 5) is 11.8. The molecule has 0 saturated carbocycles. The van der Waals surface area contributed by atoms with Gasteiger partial charge in [0.05, 0.1) is 18.6 Å². The minimum atomic E-state index is -1.22. The summed E-state index contributed by atoms with van der Waals surface area (Å²) in [5, 5.41) is 10.6. The Morgan fingerprint density at radius 3 is 2.26 bits per heavy atom.